The molecule has 0 bridgehead atoms. The molecule has 0 amide bonds. The second kappa shape index (κ2) is 4.21. The molecule has 0 saturated carbocycles. The second-order valence-electron chi connectivity index (χ2n) is 1.64. The van der Waals surface area contributed by atoms with Crippen molar-refractivity contribution < 1.29 is 21.1 Å². The Balaban J connectivity index is 0. The number of hydrogen-bond acceptors (Lipinski definition) is 5. The minimum absolute atomic E-state index is 0. The first-order valence-corrected chi connectivity index (χ1v) is 5.77. The average molecular weight is 226 g/mol. The van der Waals surface area contributed by atoms with Gasteiger partial charge in [0, 0.05) is 0 Å². The van der Waals surface area contributed by atoms with Gasteiger partial charge in [0.2, 0.25) is 10.0 Å². The average Bonchev–Trinajstić information content (AvgIpc) is 1.57. The van der Waals surface area contributed by atoms with Crippen LogP contribution in [0.3, 0.4) is 0 Å². The SMILES string of the molecule is CS(=O)(=O)NOS(C)(=O)=O.Cl. The maximum absolute atomic E-state index is 10.2. The molecule has 0 atom stereocenters. The third-order valence-corrected chi connectivity index (χ3v) is 1.21. The maximum atomic E-state index is 10.2. The molecule has 0 saturated heterocycles. The van der Waals surface area contributed by atoms with E-state index in [1.54, 1.807) is 0 Å². The van der Waals surface area contributed by atoms with E-state index in [1.165, 1.54) is 4.89 Å². The predicted octanol–water partition coefficient (Wildman–Crippen LogP) is -1.15. The summed E-state index contributed by atoms with van der Waals surface area (Å²) in [5.41, 5.74) is 0. The molecule has 11 heavy (non-hydrogen) atoms. The zero-order valence-corrected chi connectivity index (χ0v) is 8.22. The third-order valence-electron chi connectivity index (χ3n) is 0.337. The van der Waals surface area contributed by atoms with E-state index < -0.39 is 20.1 Å². The highest BCUT2D eigenvalue weighted by atomic mass is 35.5. The highest BCUT2D eigenvalue weighted by Gasteiger charge is 2.06. The number of sulfonamides is 1. The van der Waals surface area contributed by atoms with Crippen LogP contribution in [-0.4, -0.2) is 29.3 Å². The summed E-state index contributed by atoms with van der Waals surface area (Å²) in [5, 5.41) is 0. The molecule has 0 aromatic heterocycles. The molecule has 0 spiro atoms. The van der Waals surface area contributed by atoms with E-state index >= 15 is 0 Å². The molecule has 0 aromatic carbocycles. The maximum Gasteiger partial charge on any atom is 0.281 e. The summed E-state index contributed by atoms with van der Waals surface area (Å²) in [5.74, 6) is 0. The fourth-order valence-electron chi connectivity index (χ4n) is 0.124. The molecule has 0 aliphatic rings. The molecule has 70 valence electrons. The van der Waals surface area contributed by atoms with E-state index in [2.05, 4.69) is 4.28 Å². The van der Waals surface area contributed by atoms with Gasteiger partial charge in [0.15, 0.2) is 0 Å². The van der Waals surface area contributed by atoms with Crippen molar-refractivity contribution in [3.05, 3.63) is 0 Å². The fourth-order valence-corrected chi connectivity index (χ4v) is 1.11. The minimum Gasteiger partial charge on any atom is -0.211 e. The van der Waals surface area contributed by atoms with Crippen molar-refractivity contribution in [2.24, 2.45) is 0 Å². The Bertz CT molecular complexity index is 258. The summed E-state index contributed by atoms with van der Waals surface area (Å²) in [6, 6.07) is 0. The van der Waals surface area contributed by atoms with Gasteiger partial charge in [0.05, 0.1) is 12.5 Å². The third kappa shape index (κ3) is 13.2. The zero-order valence-electron chi connectivity index (χ0n) is 5.77. The molecule has 9 heteroatoms. The van der Waals surface area contributed by atoms with Gasteiger partial charge >= 0.3 is 0 Å². The van der Waals surface area contributed by atoms with Gasteiger partial charge in [-0.1, -0.05) is 4.89 Å². The van der Waals surface area contributed by atoms with Crippen molar-refractivity contribution in [3.8, 4) is 0 Å². The van der Waals surface area contributed by atoms with Crippen LogP contribution in [0.25, 0.3) is 0 Å². The van der Waals surface area contributed by atoms with E-state index in [1.807, 2.05) is 0 Å². The monoisotopic (exact) mass is 225 g/mol. The van der Waals surface area contributed by atoms with E-state index in [0.717, 1.165) is 12.5 Å². The molecule has 0 aliphatic carbocycles. The minimum atomic E-state index is -3.75. The van der Waals surface area contributed by atoms with E-state index in [0.29, 0.717) is 0 Å². The lowest BCUT2D eigenvalue weighted by molar-refractivity contribution is 0.278. The molecule has 0 aromatic rings. The quantitative estimate of drug-likeness (QED) is 0.613. The molecule has 1 N–H and O–H groups in total. The van der Waals surface area contributed by atoms with Crippen molar-refractivity contribution >= 4 is 32.5 Å². The fraction of sp³-hybridized carbons (Fsp3) is 1.00. The molecule has 0 heterocycles. The molecule has 0 fully saturated rings. The van der Waals surface area contributed by atoms with E-state index in [4.69, 9.17) is 0 Å². The normalized spacial score (nSPS) is 12.2. The summed E-state index contributed by atoms with van der Waals surface area (Å²) in [4.78, 5) is 1.35. The van der Waals surface area contributed by atoms with Crippen LogP contribution in [0, 0.1) is 0 Å². The van der Waals surface area contributed by atoms with Gasteiger partial charge < -0.3 is 0 Å². The van der Waals surface area contributed by atoms with Crippen LogP contribution in [-0.2, 0) is 24.4 Å². The van der Waals surface area contributed by atoms with Crippen molar-refractivity contribution in [2.45, 2.75) is 0 Å². The lowest BCUT2D eigenvalue weighted by Crippen LogP contribution is -2.25. The first-order valence-electron chi connectivity index (χ1n) is 2.06. The Morgan fingerprint density at radius 2 is 1.45 bits per heavy atom. The summed E-state index contributed by atoms with van der Waals surface area (Å²) in [7, 11) is -7.36. The first kappa shape index (κ1) is 13.7. The predicted molar refractivity (Wildman–Crippen MR) is 41.2 cm³/mol. The van der Waals surface area contributed by atoms with Crippen LogP contribution in [0.5, 0.6) is 0 Å². The Morgan fingerprint density at radius 3 is 1.55 bits per heavy atom. The van der Waals surface area contributed by atoms with Gasteiger partial charge in [-0.3, -0.25) is 0 Å². The van der Waals surface area contributed by atoms with Gasteiger partial charge in [-0.25, -0.2) is 8.42 Å². The molecule has 0 rings (SSSR count). The largest absolute Gasteiger partial charge is 0.281 e. The van der Waals surface area contributed by atoms with Crippen molar-refractivity contribution in [3.63, 3.8) is 0 Å². The van der Waals surface area contributed by atoms with Crippen LogP contribution in [0.15, 0.2) is 0 Å². The zero-order chi connectivity index (χ0) is 8.41. The Kier molecular flexibility index (Phi) is 5.24. The Morgan fingerprint density at radius 1 is 1.09 bits per heavy atom. The molecule has 0 aliphatic heterocycles. The highest BCUT2D eigenvalue weighted by molar-refractivity contribution is 7.90. The van der Waals surface area contributed by atoms with Gasteiger partial charge in [-0.05, 0) is 0 Å². The molecular weight excluding hydrogens is 218 g/mol. The number of hydrogen-bond donors (Lipinski definition) is 1. The van der Waals surface area contributed by atoms with Crippen LogP contribution >= 0.6 is 12.4 Å². The topological polar surface area (TPSA) is 89.5 Å². The van der Waals surface area contributed by atoms with Crippen molar-refractivity contribution in [2.75, 3.05) is 12.5 Å². The molecular formula is C2H8ClNO5S2. The lowest BCUT2D eigenvalue weighted by atomic mass is 12.0. The summed E-state index contributed by atoms with van der Waals surface area (Å²) in [6.07, 6.45) is 1.50. The van der Waals surface area contributed by atoms with Gasteiger partial charge in [-0.15, -0.1) is 12.4 Å². The van der Waals surface area contributed by atoms with Gasteiger partial charge in [0.1, 0.15) is 0 Å². The van der Waals surface area contributed by atoms with Crippen molar-refractivity contribution in [1.82, 2.24) is 4.89 Å². The van der Waals surface area contributed by atoms with Crippen LogP contribution in [0.1, 0.15) is 0 Å². The summed E-state index contributed by atoms with van der Waals surface area (Å²) >= 11 is 0. The Hall–Kier alpha value is 0.110. The van der Waals surface area contributed by atoms with Crippen LogP contribution < -0.4 is 4.89 Å². The second-order valence-corrected chi connectivity index (χ2v) is 4.93. The first-order chi connectivity index (χ1) is 4.21. The smallest absolute Gasteiger partial charge is 0.211 e. The lowest BCUT2D eigenvalue weighted by Gasteiger charge is -1.97. The van der Waals surface area contributed by atoms with E-state index in [-0.39, 0.29) is 12.4 Å². The van der Waals surface area contributed by atoms with Crippen LogP contribution in [0.4, 0.5) is 0 Å². The highest BCUT2D eigenvalue weighted by Crippen LogP contribution is 1.82. The van der Waals surface area contributed by atoms with E-state index in [9.17, 15) is 16.8 Å². The Labute approximate surface area is 71.5 Å². The summed E-state index contributed by atoms with van der Waals surface area (Å²) < 4.78 is 44.3. The number of rotatable bonds is 3. The van der Waals surface area contributed by atoms with Crippen LogP contribution in [0.2, 0.25) is 0 Å². The van der Waals surface area contributed by atoms with Gasteiger partial charge in [0.25, 0.3) is 10.1 Å². The molecule has 6 nitrogen and oxygen atoms in total. The van der Waals surface area contributed by atoms with Crippen molar-refractivity contribution in [1.29, 1.82) is 0 Å². The molecule has 0 radical (unpaired) electrons. The number of nitrogens with one attached hydrogen (secondary N) is 1. The van der Waals surface area contributed by atoms with Gasteiger partial charge in [-0.2, -0.15) is 12.7 Å². The molecule has 0 unspecified atom stereocenters. The summed E-state index contributed by atoms with van der Waals surface area (Å²) in [6.45, 7) is 0. The number of halogens is 1. The standard InChI is InChI=1S/C2H7NO5S2.ClH/c1-9(4,5)3-8-10(2,6)7;/h3H,1-2H3;1H.